The van der Waals surface area contributed by atoms with Gasteiger partial charge in [0.1, 0.15) is 5.82 Å². The number of rotatable bonds is 6. The standard InChI is InChI=1S/C21H27N3/c1-2-7-19-22-12-15(13-23-19)14-24-21-18-11-6-10-17(18)20(21)16-8-4-3-5-9-16/h3-5,8-9,12-13,17-18,20-21,24H,2,6-7,10-11,14H2,1H3/t17?,18?,20-,21-/m1/s1. The molecule has 0 amide bonds. The molecule has 4 rings (SSSR count). The van der Waals surface area contributed by atoms with Crippen molar-refractivity contribution in [3.8, 4) is 0 Å². The van der Waals surface area contributed by atoms with Crippen molar-refractivity contribution >= 4 is 0 Å². The van der Waals surface area contributed by atoms with Gasteiger partial charge in [-0.3, -0.25) is 0 Å². The van der Waals surface area contributed by atoms with Crippen molar-refractivity contribution in [2.24, 2.45) is 11.8 Å². The second kappa shape index (κ2) is 7.02. The summed E-state index contributed by atoms with van der Waals surface area (Å²) in [5.41, 5.74) is 2.70. The van der Waals surface area contributed by atoms with Crippen LogP contribution in [-0.2, 0) is 13.0 Å². The zero-order valence-electron chi connectivity index (χ0n) is 14.5. The summed E-state index contributed by atoms with van der Waals surface area (Å²) >= 11 is 0. The maximum Gasteiger partial charge on any atom is 0.128 e. The average molecular weight is 321 g/mol. The Hall–Kier alpha value is -1.74. The zero-order chi connectivity index (χ0) is 16.4. The Kier molecular flexibility index (Phi) is 4.61. The molecule has 0 radical (unpaired) electrons. The number of nitrogens with one attached hydrogen (secondary N) is 1. The largest absolute Gasteiger partial charge is 0.309 e. The molecule has 4 atom stereocenters. The van der Waals surface area contributed by atoms with E-state index < -0.39 is 0 Å². The summed E-state index contributed by atoms with van der Waals surface area (Å²) in [5.74, 6) is 3.38. The first-order chi connectivity index (χ1) is 11.9. The molecule has 2 unspecified atom stereocenters. The van der Waals surface area contributed by atoms with Crippen LogP contribution < -0.4 is 5.32 Å². The van der Waals surface area contributed by atoms with Crippen molar-refractivity contribution in [3.05, 3.63) is 59.7 Å². The molecule has 2 aliphatic rings. The number of hydrogen-bond acceptors (Lipinski definition) is 3. The lowest BCUT2D eigenvalue weighted by Crippen LogP contribution is -2.54. The number of fused-ring (bicyclic) bond motifs is 1. The predicted molar refractivity (Wildman–Crippen MR) is 96.7 cm³/mol. The molecule has 1 N–H and O–H groups in total. The molecular formula is C21H27N3. The van der Waals surface area contributed by atoms with Gasteiger partial charge in [-0.25, -0.2) is 9.97 Å². The number of hydrogen-bond donors (Lipinski definition) is 1. The van der Waals surface area contributed by atoms with Crippen molar-refractivity contribution in [1.82, 2.24) is 15.3 Å². The van der Waals surface area contributed by atoms with E-state index >= 15 is 0 Å². The van der Waals surface area contributed by atoms with Crippen molar-refractivity contribution in [1.29, 1.82) is 0 Å². The fourth-order valence-electron chi connectivity index (χ4n) is 4.77. The smallest absolute Gasteiger partial charge is 0.128 e. The van der Waals surface area contributed by atoms with E-state index in [0.29, 0.717) is 12.0 Å². The van der Waals surface area contributed by atoms with Gasteiger partial charge in [0.15, 0.2) is 0 Å². The molecule has 2 saturated carbocycles. The van der Waals surface area contributed by atoms with E-state index in [1.54, 1.807) is 0 Å². The van der Waals surface area contributed by atoms with Gasteiger partial charge in [0.05, 0.1) is 0 Å². The Bertz CT molecular complexity index is 653. The number of aromatic nitrogens is 2. The first-order valence-electron chi connectivity index (χ1n) is 9.45. The molecule has 2 aromatic rings. The lowest BCUT2D eigenvalue weighted by Gasteiger charge is -2.50. The van der Waals surface area contributed by atoms with Crippen molar-refractivity contribution < 1.29 is 0 Å². The Balaban J connectivity index is 1.43. The minimum Gasteiger partial charge on any atom is -0.309 e. The summed E-state index contributed by atoms with van der Waals surface area (Å²) in [4.78, 5) is 8.97. The summed E-state index contributed by atoms with van der Waals surface area (Å²) in [6.45, 7) is 3.04. The summed E-state index contributed by atoms with van der Waals surface area (Å²) in [6.07, 6.45) is 10.2. The molecule has 24 heavy (non-hydrogen) atoms. The molecule has 0 aliphatic heterocycles. The van der Waals surface area contributed by atoms with E-state index in [0.717, 1.165) is 37.0 Å². The first kappa shape index (κ1) is 15.8. The third-order valence-corrected chi connectivity index (χ3v) is 5.89. The van der Waals surface area contributed by atoms with Crippen LogP contribution in [0.1, 0.15) is 55.5 Å². The predicted octanol–water partition coefficient (Wildman–Crippen LogP) is 4.10. The van der Waals surface area contributed by atoms with Crippen LogP contribution in [0.4, 0.5) is 0 Å². The highest BCUT2D eigenvalue weighted by Gasteiger charge is 2.52. The molecule has 1 aromatic heterocycles. The van der Waals surface area contributed by atoms with Gasteiger partial charge in [0.25, 0.3) is 0 Å². The lowest BCUT2D eigenvalue weighted by molar-refractivity contribution is 0.0940. The molecule has 1 heterocycles. The molecule has 3 heteroatoms. The molecule has 0 bridgehead atoms. The van der Waals surface area contributed by atoms with Crippen LogP contribution in [-0.4, -0.2) is 16.0 Å². The number of aryl methyl sites for hydroxylation is 1. The molecule has 0 spiro atoms. The third kappa shape index (κ3) is 2.98. The van der Waals surface area contributed by atoms with Crippen LogP contribution in [0.3, 0.4) is 0 Å². The summed E-state index contributed by atoms with van der Waals surface area (Å²) < 4.78 is 0. The highest BCUT2D eigenvalue weighted by molar-refractivity contribution is 5.28. The molecule has 2 fully saturated rings. The minimum absolute atomic E-state index is 0.607. The minimum atomic E-state index is 0.607. The first-order valence-corrected chi connectivity index (χ1v) is 9.45. The van der Waals surface area contributed by atoms with E-state index in [1.165, 1.54) is 30.4 Å². The third-order valence-electron chi connectivity index (χ3n) is 5.89. The second-order valence-corrected chi connectivity index (χ2v) is 7.36. The summed E-state index contributed by atoms with van der Waals surface area (Å²) in [5, 5.41) is 3.83. The molecule has 2 aliphatic carbocycles. The topological polar surface area (TPSA) is 37.8 Å². The normalized spacial score (nSPS) is 28.4. The molecule has 3 nitrogen and oxygen atoms in total. The van der Waals surface area contributed by atoms with Gasteiger partial charge >= 0.3 is 0 Å². The van der Waals surface area contributed by atoms with Crippen LogP contribution in [0.5, 0.6) is 0 Å². The van der Waals surface area contributed by atoms with Crippen molar-refractivity contribution in [2.75, 3.05) is 0 Å². The molecule has 126 valence electrons. The Labute approximate surface area is 144 Å². The van der Waals surface area contributed by atoms with Crippen LogP contribution in [0.2, 0.25) is 0 Å². The van der Waals surface area contributed by atoms with Gasteiger partial charge < -0.3 is 5.32 Å². The Morgan fingerprint density at radius 3 is 2.54 bits per heavy atom. The number of nitrogens with zero attached hydrogens (tertiary/aromatic N) is 2. The quantitative estimate of drug-likeness (QED) is 0.870. The SMILES string of the molecule is CCCc1ncc(CN[C@@H]2C3CCCC3[C@H]2c2ccccc2)cn1. The molecule has 0 saturated heterocycles. The van der Waals surface area contributed by atoms with E-state index in [9.17, 15) is 0 Å². The Morgan fingerprint density at radius 2 is 1.79 bits per heavy atom. The fraction of sp³-hybridized carbons (Fsp3) is 0.524. The van der Waals surface area contributed by atoms with Crippen LogP contribution in [0.15, 0.2) is 42.7 Å². The van der Waals surface area contributed by atoms with E-state index in [1.807, 2.05) is 12.4 Å². The van der Waals surface area contributed by atoms with Gasteiger partial charge in [0, 0.05) is 42.9 Å². The van der Waals surface area contributed by atoms with Crippen LogP contribution in [0, 0.1) is 11.8 Å². The van der Waals surface area contributed by atoms with Crippen LogP contribution >= 0.6 is 0 Å². The maximum absolute atomic E-state index is 4.48. The number of benzene rings is 1. The van der Waals surface area contributed by atoms with Gasteiger partial charge in [-0.15, -0.1) is 0 Å². The summed E-state index contributed by atoms with van der Waals surface area (Å²) in [7, 11) is 0. The average Bonchev–Trinajstić information content (AvgIpc) is 3.02. The monoisotopic (exact) mass is 321 g/mol. The lowest BCUT2D eigenvalue weighted by atomic mass is 9.60. The molecular weight excluding hydrogens is 294 g/mol. The van der Waals surface area contributed by atoms with Gasteiger partial charge in [-0.05, 0) is 36.7 Å². The van der Waals surface area contributed by atoms with Crippen LogP contribution in [0.25, 0.3) is 0 Å². The van der Waals surface area contributed by atoms with E-state index in [-0.39, 0.29) is 0 Å². The summed E-state index contributed by atoms with van der Waals surface area (Å²) in [6, 6.07) is 11.7. The highest BCUT2D eigenvalue weighted by Crippen LogP contribution is 2.55. The van der Waals surface area contributed by atoms with E-state index in [4.69, 9.17) is 0 Å². The Morgan fingerprint density at radius 1 is 1.04 bits per heavy atom. The second-order valence-electron chi connectivity index (χ2n) is 7.36. The van der Waals surface area contributed by atoms with Crippen molar-refractivity contribution in [2.45, 2.75) is 57.5 Å². The highest BCUT2D eigenvalue weighted by atomic mass is 15.0. The van der Waals surface area contributed by atoms with E-state index in [2.05, 4.69) is 52.5 Å². The fourth-order valence-corrected chi connectivity index (χ4v) is 4.77. The molecule has 1 aromatic carbocycles. The van der Waals surface area contributed by atoms with Gasteiger partial charge in [-0.2, -0.15) is 0 Å². The maximum atomic E-state index is 4.48. The van der Waals surface area contributed by atoms with Gasteiger partial charge in [0.2, 0.25) is 0 Å². The zero-order valence-corrected chi connectivity index (χ0v) is 14.5. The van der Waals surface area contributed by atoms with Gasteiger partial charge in [-0.1, -0.05) is 43.7 Å². The van der Waals surface area contributed by atoms with Crippen molar-refractivity contribution in [3.63, 3.8) is 0 Å².